The van der Waals surface area contributed by atoms with E-state index in [0.29, 0.717) is 22.4 Å². The molecule has 1 aromatic rings. The number of hydrogen-bond donors (Lipinski definition) is 4. The fourth-order valence-electron chi connectivity index (χ4n) is 1.21. The van der Waals surface area contributed by atoms with E-state index >= 15 is 0 Å². The summed E-state index contributed by atoms with van der Waals surface area (Å²) < 4.78 is 0.447. The maximum atomic E-state index is 11.1. The minimum atomic E-state index is -0.700. The third kappa shape index (κ3) is 2.13. The molecule has 0 atom stereocenters. The molecule has 0 unspecified atom stereocenters. The van der Waals surface area contributed by atoms with Gasteiger partial charge in [0.15, 0.2) is 5.69 Å². The highest BCUT2D eigenvalue weighted by Gasteiger charge is 2.17. The highest BCUT2D eigenvalue weighted by Crippen LogP contribution is 2.29. The van der Waals surface area contributed by atoms with E-state index in [1.165, 1.54) is 0 Å². The lowest BCUT2D eigenvalue weighted by Crippen LogP contribution is -2.18. The van der Waals surface area contributed by atoms with E-state index in [0.717, 1.165) is 6.21 Å². The molecular weight excluding hydrogens is 274 g/mol. The van der Waals surface area contributed by atoms with Crippen molar-refractivity contribution in [2.24, 2.45) is 5.73 Å². The van der Waals surface area contributed by atoms with Gasteiger partial charge in [-0.1, -0.05) is 0 Å². The number of rotatable bonds is 4. The van der Waals surface area contributed by atoms with Crippen molar-refractivity contribution in [2.45, 2.75) is 6.92 Å². The number of aromatic nitrogens is 1. The smallest absolute Gasteiger partial charge is 0.269 e. The third-order valence-electron chi connectivity index (χ3n) is 1.93. The standard InChI is InChI=1S/C9H12BrN5O/c1-2-14-9-4(3-11)5(10)6(12)7(15-9)8(13)16/h3,11H,2,12H2,1H3,(H2,13,16)(H,14,15). The second-order valence-electron chi connectivity index (χ2n) is 2.99. The number of pyridine rings is 1. The number of nitrogens with two attached hydrogens (primary N) is 2. The zero-order valence-corrected chi connectivity index (χ0v) is 10.3. The predicted octanol–water partition coefficient (Wildman–Crippen LogP) is 0.955. The molecule has 6 nitrogen and oxygen atoms in total. The summed E-state index contributed by atoms with van der Waals surface area (Å²) in [6, 6.07) is 0. The Morgan fingerprint density at radius 3 is 2.75 bits per heavy atom. The van der Waals surface area contributed by atoms with Gasteiger partial charge in [-0.15, -0.1) is 0 Å². The molecule has 0 fully saturated rings. The lowest BCUT2D eigenvalue weighted by Gasteiger charge is -2.12. The average Bonchev–Trinajstić information content (AvgIpc) is 2.23. The molecule has 6 N–H and O–H groups in total. The summed E-state index contributed by atoms with van der Waals surface area (Å²) in [6.45, 7) is 2.49. The number of amides is 1. The van der Waals surface area contributed by atoms with E-state index in [4.69, 9.17) is 16.9 Å². The monoisotopic (exact) mass is 285 g/mol. The van der Waals surface area contributed by atoms with Gasteiger partial charge in [-0.05, 0) is 22.9 Å². The Morgan fingerprint density at radius 2 is 2.31 bits per heavy atom. The van der Waals surface area contributed by atoms with Gasteiger partial charge in [0, 0.05) is 12.8 Å². The minimum Gasteiger partial charge on any atom is -0.396 e. The van der Waals surface area contributed by atoms with E-state index in [2.05, 4.69) is 26.2 Å². The predicted molar refractivity (Wildman–Crippen MR) is 66.9 cm³/mol. The number of nitrogens with one attached hydrogen (secondary N) is 2. The van der Waals surface area contributed by atoms with Crippen LogP contribution in [0, 0.1) is 5.41 Å². The second-order valence-corrected chi connectivity index (χ2v) is 3.78. The molecule has 1 amide bonds. The molecule has 1 rings (SSSR count). The molecule has 0 bridgehead atoms. The van der Waals surface area contributed by atoms with E-state index in [9.17, 15) is 4.79 Å². The average molecular weight is 286 g/mol. The Labute approximate surface area is 101 Å². The number of nitrogens with zero attached hydrogens (tertiary/aromatic N) is 1. The number of halogens is 1. The molecule has 0 aliphatic heterocycles. The Bertz CT molecular complexity index is 446. The first kappa shape index (κ1) is 12.4. The molecular formula is C9H12BrN5O. The molecule has 0 aliphatic carbocycles. The first-order chi connectivity index (χ1) is 7.52. The van der Waals surface area contributed by atoms with Crippen LogP contribution >= 0.6 is 15.9 Å². The molecule has 0 aliphatic rings. The van der Waals surface area contributed by atoms with Crippen molar-refractivity contribution in [2.75, 3.05) is 17.6 Å². The Kier molecular flexibility index (Phi) is 3.83. The second kappa shape index (κ2) is 4.93. The SMILES string of the molecule is CCNc1nc(C(N)=O)c(N)c(Br)c1C=N. The van der Waals surface area contributed by atoms with Gasteiger partial charge in [-0.2, -0.15) is 0 Å². The van der Waals surface area contributed by atoms with Gasteiger partial charge in [-0.3, -0.25) is 4.79 Å². The Hall–Kier alpha value is -1.63. The fraction of sp³-hybridized carbons (Fsp3) is 0.222. The molecule has 16 heavy (non-hydrogen) atoms. The van der Waals surface area contributed by atoms with Gasteiger partial charge in [0.05, 0.1) is 15.7 Å². The van der Waals surface area contributed by atoms with Crippen LogP contribution in [0.4, 0.5) is 11.5 Å². The van der Waals surface area contributed by atoms with Crippen molar-refractivity contribution in [3.63, 3.8) is 0 Å². The van der Waals surface area contributed by atoms with E-state index in [1.54, 1.807) is 0 Å². The van der Waals surface area contributed by atoms with Crippen LogP contribution in [-0.4, -0.2) is 23.7 Å². The van der Waals surface area contributed by atoms with E-state index in [1.807, 2.05) is 6.92 Å². The highest BCUT2D eigenvalue weighted by atomic mass is 79.9. The number of primary amides is 1. The lowest BCUT2D eigenvalue weighted by molar-refractivity contribution is 0.0996. The molecule has 1 aromatic heterocycles. The Morgan fingerprint density at radius 1 is 1.69 bits per heavy atom. The van der Waals surface area contributed by atoms with Crippen LogP contribution in [0.15, 0.2) is 4.47 Å². The van der Waals surface area contributed by atoms with Crippen LogP contribution in [0.3, 0.4) is 0 Å². The van der Waals surface area contributed by atoms with Crippen molar-refractivity contribution >= 4 is 39.6 Å². The molecule has 0 spiro atoms. The largest absolute Gasteiger partial charge is 0.396 e. The molecule has 1 heterocycles. The van der Waals surface area contributed by atoms with Crippen LogP contribution in [0.1, 0.15) is 23.0 Å². The summed E-state index contributed by atoms with van der Waals surface area (Å²) in [6.07, 6.45) is 1.11. The molecule has 0 saturated carbocycles. The summed E-state index contributed by atoms with van der Waals surface area (Å²) in [5.41, 5.74) is 11.5. The van der Waals surface area contributed by atoms with Crippen LogP contribution < -0.4 is 16.8 Å². The molecule has 0 saturated heterocycles. The van der Waals surface area contributed by atoms with Gasteiger partial charge in [-0.25, -0.2) is 4.98 Å². The van der Waals surface area contributed by atoms with Gasteiger partial charge >= 0.3 is 0 Å². The van der Waals surface area contributed by atoms with E-state index < -0.39 is 5.91 Å². The maximum Gasteiger partial charge on any atom is 0.269 e. The van der Waals surface area contributed by atoms with Gasteiger partial charge < -0.3 is 22.2 Å². The number of anilines is 2. The van der Waals surface area contributed by atoms with Crippen molar-refractivity contribution in [1.82, 2.24) is 4.98 Å². The summed E-state index contributed by atoms with van der Waals surface area (Å²) in [4.78, 5) is 15.1. The van der Waals surface area contributed by atoms with Crippen LogP contribution in [-0.2, 0) is 0 Å². The molecule has 7 heteroatoms. The van der Waals surface area contributed by atoms with Gasteiger partial charge in [0.25, 0.3) is 5.91 Å². The van der Waals surface area contributed by atoms with Gasteiger partial charge in [0.1, 0.15) is 5.82 Å². The van der Waals surface area contributed by atoms with Crippen LogP contribution in [0.2, 0.25) is 0 Å². The number of nitrogen functional groups attached to an aromatic ring is 1. The highest BCUT2D eigenvalue weighted by molar-refractivity contribution is 9.10. The van der Waals surface area contributed by atoms with Crippen LogP contribution in [0.25, 0.3) is 0 Å². The number of hydrogen-bond acceptors (Lipinski definition) is 5. The quantitative estimate of drug-likeness (QED) is 0.616. The van der Waals surface area contributed by atoms with Crippen molar-refractivity contribution < 1.29 is 4.79 Å². The van der Waals surface area contributed by atoms with Crippen molar-refractivity contribution in [3.05, 3.63) is 15.7 Å². The zero-order valence-electron chi connectivity index (χ0n) is 8.67. The topological polar surface area (TPSA) is 118 Å². The van der Waals surface area contributed by atoms with Gasteiger partial charge in [0.2, 0.25) is 0 Å². The molecule has 0 radical (unpaired) electrons. The summed E-state index contributed by atoms with van der Waals surface area (Å²) >= 11 is 3.22. The fourth-order valence-corrected chi connectivity index (χ4v) is 1.70. The normalized spacial score (nSPS) is 9.88. The number of carbonyl (C=O) groups excluding carboxylic acids is 1. The lowest BCUT2D eigenvalue weighted by atomic mass is 10.2. The summed E-state index contributed by atoms with van der Waals surface area (Å²) in [7, 11) is 0. The summed E-state index contributed by atoms with van der Waals surface area (Å²) in [5, 5.41) is 10.2. The zero-order chi connectivity index (χ0) is 12.3. The molecule has 0 aromatic carbocycles. The first-order valence-corrected chi connectivity index (χ1v) is 5.35. The van der Waals surface area contributed by atoms with Crippen molar-refractivity contribution in [1.29, 1.82) is 5.41 Å². The third-order valence-corrected chi connectivity index (χ3v) is 2.78. The van der Waals surface area contributed by atoms with E-state index in [-0.39, 0.29) is 11.4 Å². The first-order valence-electron chi connectivity index (χ1n) is 4.56. The van der Waals surface area contributed by atoms with Crippen LogP contribution in [0.5, 0.6) is 0 Å². The molecule has 86 valence electrons. The minimum absolute atomic E-state index is 0.00609. The maximum absolute atomic E-state index is 11.1. The van der Waals surface area contributed by atoms with Crippen molar-refractivity contribution in [3.8, 4) is 0 Å². The summed E-state index contributed by atoms with van der Waals surface area (Å²) in [5.74, 6) is -0.291. The Balaban J connectivity index is 3.48. The number of carbonyl (C=O) groups is 1.